The van der Waals surface area contributed by atoms with Crippen molar-refractivity contribution in [3.63, 3.8) is 0 Å². The molecule has 10 atom stereocenters. The Morgan fingerprint density at radius 3 is 1.50 bits per heavy atom. The Kier molecular flexibility index (Phi) is 7.80. The molecule has 0 aromatic heterocycles. The first kappa shape index (κ1) is 34.7. The third kappa shape index (κ3) is 3.82. The van der Waals surface area contributed by atoms with Gasteiger partial charge < -0.3 is 53.8 Å². The van der Waals surface area contributed by atoms with E-state index in [1.54, 1.807) is 11.1 Å². The summed E-state index contributed by atoms with van der Waals surface area (Å²) in [6, 6.07) is 20.3. The zero-order chi connectivity index (χ0) is 33.6. The molecule has 8 heteroatoms. The fourth-order valence-corrected chi connectivity index (χ4v) is 14.6. The van der Waals surface area contributed by atoms with Crippen molar-refractivity contribution in [2.45, 2.75) is 60.7 Å². The quantitative estimate of drug-likeness (QED) is 0.310. The Bertz CT molecular complexity index is 1860. The number of hydrogen-bond acceptors (Lipinski definition) is 4. The average molecular weight is 738 g/mol. The van der Waals surface area contributed by atoms with Crippen molar-refractivity contribution in [3.8, 4) is 0 Å². The molecule has 2 saturated carbocycles. The van der Waals surface area contributed by atoms with Gasteiger partial charge in [-0.1, -0.05) is 61.7 Å². The van der Waals surface area contributed by atoms with Crippen LogP contribution in [0.2, 0.25) is 0 Å². The van der Waals surface area contributed by atoms with E-state index >= 15 is 0 Å². The highest BCUT2D eigenvalue weighted by molar-refractivity contribution is 5.77. The Hall–Kier alpha value is -3.10. The predicted molar refractivity (Wildman–Crippen MR) is 198 cm³/mol. The minimum atomic E-state index is 0. The number of para-hydroxylation sites is 2. The minimum absolute atomic E-state index is 0. The van der Waals surface area contributed by atoms with Crippen LogP contribution in [0.15, 0.2) is 121 Å². The van der Waals surface area contributed by atoms with E-state index in [2.05, 4.69) is 108 Å². The Morgan fingerprint density at radius 2 is 1.10 bits per heavy atom. The monoisotopic (exact) mass is 736 g/mol. The van der Waals surface area contributed by atoms with Crippen LogP contribution < -0.4 is 34.6 Å². The lowest BCUT2D eigenvalue weighted by Gasteiger charge is -2.59. The Morgan fingerprint density at radius 1 is 0.673 bits per heavy atom. The van der Waals surface area contributed by atoms with E-state index in [4.69, 9.17) is 0 Å². The predicted octanol–water partition coefficient (Wildman–Crippen LogP) is -0.516. The minimum Gasteiger partial charge on any atom is -1.00 e. The molecule has 272 valence electrons. The number of aliphatic hydroxyl groups excluding tert-OH is 2. The van der Waals surface area contributed by atoms with Crippen molar-refractivity contribution >= 4 is 11.4 Å². The normalized spacial score (nSPS) is 43.7. The standard InChI is InChI=1S/C44H50N4O2.2ClH/c1-3-17-47-19-15-43-35-9-5-7-11-37(35)45-26-34-32-24-40-44(16-20-48(40,18-4-2)28-30(32)14-22-50)36-10-6-8-12-38(36)46(42(34)44)25-33(41(43)45)31(23-39(43)47)29(27-47)13-21-49;;/h3-14,25-26,31-32,39-42,49-50H,1-2,15-24,27-28H2;2*1H/q+2;;/p-2/b29-13-,30-14-,33-25-,34-26-;;. The number of anilines is 2. The summed E-state index contributed by atoms with van der Waals surface area (Å²) >= 11 is 0. The lowest BCUT2D eigenvalue weighted by Crippen LogP contribution is -3.00. The summed E-state index contributed by atoms with van der Waals surface area (Å²) < 4.78 is 2.12. The molecule has 2 aromatic rings. The third-order valence-electron chi connectivity index (χ3n) is 15.9. The van der Waals surface area contributed by atoms with Gasteiger partial charge in [0.15, 0.2) is 0 Å². The summed E-state index contributed by atoms with van der Waals surface area (Å²) in [5.41, 5.74) is 11.8. The first-order chi connectivity index (χ1) is 24.5. The number of halogens is 2. The molecule has 52 heavy (non-hydrogen) atoms. The van der Waals surface area contributed by atoms with Crippen LogP contribution >= 0.6 is 0 Å². The van der Waals surface area contributed by atoms with E-state index in [0.717, 1.165) is 73.9 Å². The highest BCUT2D eigenvalue weighted by atomic mass is 35.5. The second-order valence-corrected chi connectivity index (χ2v) is 17.2. The van der Waals surface area contributed by atoms with Gasteiger partial charge in [0.05, 0.1) is 62.3 Å². The molecule has 0 amide bonds. The molecule has 2 aliphatic carbocycles. The van der Waals surface area contributed by atoms with Crippen molar-refractivity contribution in [3.05, 3.63) is 132 Å². The topological polar surface area (TPSA) is 46.9 Å². The number of benzene rings is 2. The lowest BCUT2D eigenvalue weighted by atomic mass is 9.56. The molecule has 4 bridgehead atoms. The van der Waals surface area contributed by atoms with Gasteiger partial charge in [0.1, 0.15) is 25.2 Å². The van der Waals surface area contributed by atoms with E-state index in [1.807, 2.05) is 0 Å². The number of rotatable bonds is 6. The van der Waals surface area contributed by atoms with Crippen molar-refractivity contribution in [2.24, 2.45) is 11.8 Å². The van der Waals surface area contributed by atoms with Gasteiger partial charge in [0.25, 0.3) is 0 Å². The summed E-state index contributed by atoms with van der Waals surface area (Å²) in [5, 5.41) is 20.9. The summed E-state index contributed by atoms with van der Waals surface area (Å²) in [4.78, 5) is 5.54. The number of aliphatic hydroxyl groups is 2. The van der Waals surface area contributed by atoms with Gasteiger partial charge in [-0.05, 0) is 57.7 Å². The van der Waals surface area contributed by atoms with Crippen molar-refractivity contribution < 1.29 is 44.0 Å². The fourth-order valence-electron chi connectivity index (χ4n) is 14.6. The SMILES string of the molecule is C=CC[N+]12CCC34c5ccccc5N5/C=C6/C7CC8C9(CC[N+]8(CC=C)C/C7=C/CO)c7ccccc7N(/C=C(/C(CC31)/C(=C\CO)C2)C54)C69.[Cl-].[Cl-]. The van der Waals surface area contributed by atoms with Gasteiger partial charge in [0, 0.05) is 61.3 Å². The number of fused-ring (bicyclic) bond motifs is 8. The maximum Gasteiger partial charge on any atom is 0.103 e. The van der Waals surface area contributed by atoms with Gasteiger partial charge >= 0.3 is 0 Å². The molecule has 0 radical (unpaired) electrons. The fraction of sp³-hybridized carbons (Fsp3) is 0.455. The highest BCUT2D eigenvalue weighted by Crippen LogP contribution is 2.69. The number of nitrogens with zero attached hydrogens (tertiary/aromatic N) is 4. The summed E-state index contributed by atoms with van der Waals surface area (Å²) in [6.07, 6.45) is 18.6. The van der Waals surface area contributed by atoms with Gasteiger partial charge in [-0.2, -0.15) is 0 Å². The molecule has 2 aromatic carbocycles. The third-order valence-corrected chi connectivity index (χ3v) is 15.9. The highest BCUT2D eigenvalue weighted by Gasteiger charge is 2.75. The van der Waals surface area contributed by atoms with Crippen LogP contribution in [0.5, 0.6) is 0 Å². The zero-order valence-electron chi connectivity index (χ0n) is 29.9. The van der Waals surface area contributed by atoms with Crippen LogP contribution in [0.4, 0.5) is 11.4 Å². The summed E-state index contributed by atoms with van der Waals surface area (Å²) in [5.74, 6) is 0.615. The summed E-state index contributed by atoms with van der Waals surface area (Å²) in [6.45, 7) is 15.0. The van der Waals surface area contributed by atoms with Gasteiger partial charge in [-0.25, -0.2) is 0 Å². The second kappa shape index (κ2) is 11.7. The lowest BCUT2D eigenvalue weighted by molar-refractivity contribution is -0.937. The molecular weight excluding hydrogens is 687 g/mol. The number of piperidine rings is 2. The van der Waals surface area contributed by atoms with Crippen molar-refractivity contribution in [2.75, 3.05) is 62.3 Å². The molecule has 4 saturated heterocycles. The molecule has 6 fully saturated rings. The van der Waals surface area contributed by atoms with E-state index < -0.39 is 0 Å². The first-order valence-electron chi connectivity index (χ1n) is 19.2. The van der Waals surface area contributed by atoms with Crippen LogP contribution in [-0.2, 0) is 10.8 Å². The Balaban J connectivity index is 0.00000180. The summed E-state index contributed by atoms with van der Waals surface area (Å²) in [7, 11) is 0. The molecule has 7 heterocycles. The Labute approximate surface area is 320 Å². The van der Waals surface area contributed by atoms with Crippen LogP contribution in [0.3, 0.4) is 0 Å². The molecule has 2 N–H and O–H groups in total. The van der Waals surface area contributed by atoms with Gasteiger partial charge in [0.2, 0.25) is 0 Å². The van der Waals surface area contributed by atoms with E-state index in [0.29, 0.717) is 23.9 Å². The van der Waals surface area contributed by atoms with E-state index in [1.165, 1.54) is 33.6 Å². The number of hydrogen-bond donors (Lipinski definition) is 2. The van der Waals surface area contributed by atoms with Gasteiger partial charge in [-0.15, -0.1) is 0 Å². The first-order valence-corrected chi connectivity index (χ1v) is 19.2. The van der Waals surface area contributed by atoms with Crippen molar-refractivity contribution in [1.29, 1.82) is 0 Å². The smallest absolute Gasteiger partial charge is 0.103 e. The van der Waals surface area contributed by atoms with Gasteiger partial charge in [-0.3, -0.25) is 0 Å². The van der Waals surface area contributed by atoms with E-state index in [9.17, 15) is 10.2 Å². The van der Waals surface area contributed by atoms with Crippen LogP contribution in [0, 0.1) is 11.8 Å². The zero-order valence-corrected chi connectivity index (χ0v) is 31.4. The maximum absolute atomic E-state index is 10.5. The molecule has 10 unspecified atom stereocenters. The molecule has 6 nitrogen and oxygen atoms in total. The van der Waals surface area contributed by atoms with Crippen molar-refractivity contribution in [1.82, 2.24) is 0 Å². The largest absolute Gasteiger partial charge is 1.00 e. The average Bonchev–Trinajstić information content (AvgIpc) is 3.81. The number of quaternary nitrogens is 2. The molecule has 11 rings (SSSR count). The second-order valence-electron chi connectivity index (χ2n) is 17.2. The van der Waals surface area contributed by atoms with Crippen LogP contribution in [-0.4, -0.2) is 95.8 Å². The molecule has 2 spiro atoms. The van der Waals surface area contributed by atoms with Crippen LogP contribution in [0.25, 0.3) is 0 Å². The van der Waals surface area contributed by atoms with Crippen LogP contribution in [0.1, 0.15) is 36.8 Å². The molecule has 7 aliphatic heterocycles. The molecule has 9 aliphatic rings. The molecular formula is C44H50Cl2N4O2. The van der Waals surface area contributed by atoms with E-state index in [-0.39, 0.29) is 60.9 Å². The maximum atomic E-state index is 10.5.